The molecule has 0 bridgehead atoms. The molecule has 20 heavy (non-hydrogen) atoms. The Morgan fingerprint density at radius 2 is 1.90 bits per heavy atom. The van der Waals surface area contributed by atoms with Crippen LogP contribution in [-0.4, -0.2) is 21.2 Å². The molecule has 0 amide bonds. The van der Waals surface area contributed by atoms with E-state index in [0.717, 1.165) is 11.3 Å². The van der Waals surface area contributed by atoms with Gasteiger partial charge in [0.05, 0.1) is 16.6 Å². The highest BCUT2D eigenvalue weighted by Crippen LogP contribution is 2.40. The Balaban J connectivity index is 1.68. The number of fused-ring (bicyclic) bond motifs is 1. The van der Waals surface area contributed by atoms with E-state index >= 15 is 0 Å². The van der Waals surface area contributed by atoms with Crippen LogP contribution in [0.5, 0.6) is 0 Å². The van der Waals surface area contributed by atoms with Gasteiger partial charge in [-0.25, -0.2) is 4.98 Å². The summed E-state index contributed by atoms with van der Waals surface area (Å²) in [6.07, 6.45) is 12.4. The SMILES string of the molecule is c1cc2[nH]nc(C3CCC3)c2c(NC2CCCCC2)n1. The number of anilines is 1. The van der Waals surface area contributed by atoms with Crippen molar-refractivity contribution in [2.45, 2.75) is 63.3 Å². The Labute approximate surface area is 119 Å². The van der Waals surface area contributed by atoms with E-state index in [1.807, 2.05) is 12.3 Å². The molecule has 4 nitrogen and oxygen atoms in total. The number of rotatable bonds is 3. The van der Waals surface area contributed by atoms with Gasteiger partial charge in [-0.05, 0) is 31.7 Å². The third-order valence-corrected chi connectivity index (χ3v) is 4.94. The van der Waals surface area contributed by atoms with Crippen LogP contribution in [0.3, 0.4) is 0 Å². The van der Waals surface area contributed by atoms with Gasteiger partial charge in [0.2, 0.25) is 0 Å². The minimum absolute atomic E-state index is 0.589. The highest BCUT2D eigenvalue weighted by Gasteiger charge is 2.26. The first kappa shape index (κ1) is 12.2. The van der Waals surface area contributed by atoms with Crippen molar-refractivity contribution in [1.82, 2.24) is 15.2 Å². The standard InChI is InChI=1S/C16H22N4/c1-2-7-12(8-3-1)18-16-14-13(9-10-17-16)19-20-15(14)11-5-4-6-11/h9-12H,1-8H2,(H,17,18)(H,19,20). The van der Waals surface area contributed by atoms with Gasteiger partial charge in [-0.2, -0.15) is 5.10 Å². The molecule has 2 aromatic heterocycles. The smallest absolute Gasteiger partial charge is 0.137 e. The van der Waals surface area contributed by atoms with Crippen LogP contribution in [0.25, 0.3) is 10.9 Å². The molecule has 2 N–H and O–H groups in total. The number of aromatic amines is 1. The fourth-order valence-electron chi connectivity index (χ4n) is 3.52. The largest absolute Gasteiger partial charge is 0.367 e. The second-order valence-corrected chi connectivity index (χ2v) is 6.30. The zero-order chi connectivity index (χ0) is 13.4. The molecule has 0 spiro atoms. The van der Waals surface area contributed by atoms with Gasteiger partial charge in [0.15, 0.2) is 0 Å². The summed E-state index contributed by atoms with van der Waals surface area (Å²) in [7, 11) is 0. The van der Waals surface area contributed by atoms with E-state index in [1.54, 1.807) is 0 Å². The Morgan fingerprint density at radius 3 is 2.65 bits per heavy atom. The predicted molar refractivity (Wildman–Crippen MR) is 81.0 cm³/mol. The minimum atomic E-state index is 0.589. The number of nitrogens with one attached hydrogen (secondary N) is 2. The minimum Gasteiger partial charge on any atom is -0.367 e. The first-order valence-electron chi connectivity index (χ1n) is 8.01. The molecular formula is C16H22N4. The molecule has 0 aliphatic heterocycles. The fraction of sp³-hybridized carbons (Fsp3) is 0.625. The maximum absolute atomic E-state index is 4.60. The lowest BCUT2D eigenvalue weighted by atomic mass is 9.82. The van der Waals surface area contributed by atoms with Crippen LogP contribution < -0.4 is 5.32 Å². The molecule has 0 atom stereocenters. The van der Waals surface area contributed by atoms with E-state index < -0.39 is 0 Å². The third-order valence-electron chi connectivity index (χ3n) is 4.94. The van der Waals surface area contributed by atoms with Gasteiger partial charge in [0.25, 0.3) is 0 Å². The van der Waals surface area contributed by atoms with Crippen LogP contribution >= 0.6 is 0 Å². The van der Waals surface area contributed by atoms with Crippen molar-refractivity contribution in [2.24, 2.45) is 0 Å². The summed E-state index contributed by atoms with van der Waals surface area (Å²) in [4.78, 5) is 4.60. The van der Waals surface area contributed by atoms with Gasteiger partial charge in [-0.15, -0.1) is 0 Å². The second-order valence-electron chi connectivity index (χ2n) is 6.30. The number of hydrogen-bond acceptors (Lipinski definition) is 3. The van der Waals surface area contributed by atoms with Crippen molar-refractivity contribution < 1.29 is 0 Å². The molecule has 0 unspecified atom stereocenters. The summed E-state index contributed by atoms with van der Waals surface area (Å²) < 4.78 is 0. The molecule has 106 valence electrons. The average molecular weight is 270 g/mol. The summed E-state index contributed by atoms with van der Waals surface area (Å²) in [5.74, 6) is 1.69. The lowest BCUT2D eigenvalue weighted by Gasteiger charge is -2.26. The lowest BCUT2D eigenvalue weighted by Crippen LogP contribution is -2.23. The Kier molecular flexibility index (Phi) is 3.09. The number of pyridine rings is 1. The summed E-state index contributed by atoms with van der Waals surface area (Å²) >= 11 is 0. The number of H-pyrrole nitrogens is 1. The van der Waals surface area contributed by atoms with Gasteiger partial charge >= 0.3 is 0 Å². The molecule has 0 radical (unpaired) electrons. The monoisotopic (exact) mass is 270 g/mol. The summed E-state index contributed by atoms with van der Waals surface area (Å²) in [5, 5.41) is 12.7. The molecule has 2 heterocycles. The van der Waals surface area contributed by atoms with Crippen LogP contribution in [0.4, 0.5) is 5.82 Å². The first-order chi connectivity index (χ1) is 9.92. The van der Waals surface area contributed by atoms with Gasteiger partial charge in [0.1, 0.15) is 5.82 Å². The number of aromatic nitrogens is 3. The molecule has 0 aromatic carbocycles. The molecule has 2 fully saturated rings. The Morgan fingerprint density at radius 1 is 1.05 bits per heavy atom. The van der Waals surface area contributed by atoms with E-state index in [4.69, 9.17) is 0 Å². The van der Waals surface area contributed by atoms with E-state index in [1.165, 1.54) is 62.4 Å². The topological polar surface area (TPSA) is 53.6 Å². The van der Waals surface area contributed by atoms with Crippen LogP contribution in [0.2, 0.25) is 0 Å². The van der Waals surface area contributed by atoms with Crippen molar-refractivity contribution in [3.8, 4) is 0 Å². The number of nitrogens with zero attached hydrogens (tertiary/aromatic N) is 2. The lowest BCUT2D eigenvalue weighted by molar-refractivity contribution is 0.413. The molecular weight excluding hydrogens is 248 g/mol. The van der Waals surface area contributed by atoms with Gasteiger partial charge in [0, 0.05) is 18.2 Å². The average Bonchev–Trinajstić information content (AvgIpc) is 2.83. The molecule has 2 aromatic rings. The van der Waals surface area contributed by atoms with Gasteiger partial charge in [-0.1, -0.05) is 25.7 Å². The van der Waals surface area contributed by atoms with E-state index in [0.29, 0.717) is 12.0 Å². The molecule has 4 heteroatoms. The van der Waals surface area contributed by atoms with Crippen molar-refractivity contribution >= 4 is 16.7 Å². The second kappa shape index (κ2) is 5.08. The first-order valence-corrected chi connectivity index (χ1v) is 8.01. The van der Waals surface area contributed by atoms with E-state index in [-0.39, 0.29) is 0 Å². The van der Waals surface area contributed by atoms with Crippen molar-refractivity contribution in [3.05, 3.63) is 18.0 Å². The van der Waals surface area contributed by atoms with Crippen LogP contribution in [-0.2, 0) is 0 Å². The molecule has 4 rings (SSSR count). The Bertz CT molecular complexity index is 594. The van der Waals surface area contributed by atoms with E-state index in [2.05, 4.69) is 20.5 Å². The maximum Gasteiger partial charge on any atom is 0.137 e. The molecule has 2 aliphatic rings. The zero-order valence-corrected chi connectivity index (χ0v) is 11.9. The third kappa shape index (κ3) is 2.07. The normalized spacial score (nSPS) is 21.0. The zero-order valence-electron chi connectivity index (χ0n) is 11.9. The quantitative estimate of drug-likeness (QED) is 0.887. The van der Waals surface area contributed by atoms with Crippen LogP contribution in [0, 0.1) is 0 Å². The predicted octanol–water partition coefficient (Wildman–Crippen LogP) is 3.97. The highest BCUT2D eigenvalue weighted by molar-refractivity contribution is 5.92. The molecule has 2 saturated carbocycles. The highest BCUT2D eigenvalue weighted by atomic mass is 15.1. The summed E-state index contributed by atoms with van der Waals surface area (Å²) in [6, 6.07) is 2.63. The van der Waals surface area contributed by atoms with Crippen LogP contribution in [0.15, 0.2) is 12.3 Å². The van der Waals surface area contributed by atoms with Gasteiger partial charge < -0.3 is 5.32 Å². The van der Waals surface area contributed by atoms with E-state index in [9.17, 15) is 0 Å². The van der Waals surface area contributed by atoms with Gasteiger partial charge in [-0.3, -0.25) is 5.10 Å². The van der Waals surface area contributed by atoms with Crippen molar-refractivity contribution in [2.75, 3.05) is 5.32 Å². The number of hydrogen-bond donors (Lipinski definition) is 2. The molecule has 0 saturated heterocycles. The summed E-state index contributed by atoms with van der Waals surface area (Å²) in [5.41, 5.74) is 2.36. The Hall–Kier alpha value is -1.58. The fourth-order valence-corrected chi connectivity index (χ4v) is 3.52. The maximum atomic E-state index is 4.60. The summed E-state index contributed by atoms with van der Waals surface area (Å²) in [6.45, 7) is 0. The van der Waals surface area contributed by atoms with Crippen LogP contribution in [0.1, 0.15) is 63.0 Å². The molecule has 2 aliphatic carbocycles. The van der Waals surface area contributed by atoms with Crippen molar-refractivity contribution in [3.63, 3.8) is 0 Å². The van der Waals surface area contributed by atoms with Crippen molar-refractivity contribution in [1.29, 1.82) is 0 Å².